The van der Waals surface area contributed by atoms with Gasteiger partial charge in [-0.2, -0.15) is 0 Å². The van der Waals surface area contributed by atoms with E-state index in [1.165, 1.54) is 52.6 Å². The van der Waals surface area contributed by atoms with Crippen molar-refractivity contribution in [3.63, 3.8) is 0 Å². The highest BCUT2D eigenvalue weighted by atomic mass is 15.0. The fourth-order valence-corrected chi connectivity index (χ4v) is 6.42. The van der Waals surface area contributed by atoms with Crippen LogP contribution in [-0.4, -0.2) is 19.9 Å². The molecule has 0 amide bonds. The quantitative estimate of drug-likeness (QED) is 0.199. The van der Waals surface area contributed by atoms with Crippen molar-refractivity contribution in [3.8, 4) is 56.3 Å². The summed E-state index contributed by atoms with van der Waals surface area (Å²) < 4.78 is 0. The van der Waals surface area contributed by atoms with Gasteiger partial charge in [0.25, 0.3) is 0 Å². The molecule has 6 aromatic rings. The maximum atomic E-state index is 4.98. The van der Waals surface area contributed by atoms with Crippen molar-refractivity contribution in [1.29, 1.82) is 0 Å². The van der Waals surface area contributed by atoms with Gasteiger partial charge in [-0.3, -0.25) is 4.98 Å². The minimum atomic E-state index is 0.388. The molecule has 2 heterocycles. The summed E-state index contributed by atoms with van der Waals surface area (Å²) in [6.07, 6.45) is 7.94. The van der Waals surface area contributed by atoms with E-state index in [4.69, 9.17) is 19.9 Å². The van der Waals surface area contributed by atoms with Crippen LogP contribution in [0.4, 0.5) is 0 Å². The average Bonchev–Trinajstić information content (AvgIpc) is 3.08. The van der Waals surface area contributed by atoms with Gasteiger partial charge in [-0.25, -0.2) is 15.0 Å². The number of hydrogen-bond donors (Lipinski definition) is 0. The molecule has 0 spiro atoms. The Labute approximate surface area is 260 Å². The number of hydrogen-bond acceptors (Lipinski definition) is 4. The lowest BCUT2D eigenvalue weighted by Gasteiger charge is -2.21. The van der Waals surface area contributed by atoms with Crippen LogP contribution in [0.3, 0.4) is 0 Å². The fourth-order valence-electron chi connectivity index (χ4n) is 6.42. The largest absolute Gasteiger partial charge is 0.255 e. The van der Waals surface area contributed by atoms with Gasteiger partial charge in [-0.05, 0) is 61.1 Å². The molecule has 1 fully saturated rings. The monoisotopic (exact) mass is 572 g/mol. The van der Waals surface area contributed by atoms with Crippen molar-refractivity contribution in [2.45, 2.75) is 51.9 Å². The van der Waals surface area contributed by atoms with Crippen molar-refractivity contribution >= 4 is 0 Å². The second kappa shape index (κ2) is 12.3. The van der Waals surface area contributed by atoms with E-state index >= 15 is 0 Å². The number of aryl methyl sites for hydroxylation is 2. The SMILES string of the molecule is Cc1cc(C)cc(-c2ccccc2-c2ccc(-c3ccc(-c4nc(-c5ccccc5)nc(C5CCCCC5)n4)cn3)cc2)c1. The molecule has 1 aliphatic carbocycles. The Hall–Kier alpha value is -4.96. The molecule has 1 saturated carbocycles. The molecule has 4 nitrogen and oxygen atoms in total. The number of benzene rings is 4. The summed E-state index contributed by atoms with van der Waals surface area (Å²) in [5.74, 6) is 2.72. The Morgan fingerprint density at radius 3 is 1.75 bits per heavy atom. The summed E-state index contributed by atoms with van der Waals surface area (Å²) in [6, 6.07) is 38.5. The van der Waals surface area contributed by atoms with Crippen molar-refractivity contribution in [2.75, 3.05) is 0 Å². The van der Waals surface area contributed by atoms with Crippen molar-refractivity contribution in [3.05, 3.63) is 132 Å². The molecule has 4 heteroatoms. The van der Waals surface area contributed by atoms with Gasteiger partial charge in [0.1, 0.15) is 5.82 Å². The molecule has 0 radical (unpaired) electrons. The third kappa shape index (κ3) is 5.93. The zero-order valence-electron chi connectivity index (χ0n) is 25.4. The zero-order chi connectivity index (χ0) is 29.9. The van der Waals surface area contributed by atoms with Gasteiger partial charge in [0.05, 0.1) is 5.69 Å². The van der Waals surface area contributed by atoms with Crippen LogP contribution in [0.2, 0.25) is 0 Å². The predicted octanol–water partition coefficient (Wildman–Crippen LogP) is 10.3. The van der Waals surface area contributed by atoms with Crippen molar-refractivity contribution < 1.29 is 0 Å². The minimum Gasteiger partial charge on any atom is -0.255 e. The predicted molar refractivity (Wildman–Crippen MR) is 180 cm³/mol. The van der Waals surface area contributed by atoms with E-state index in [0.29, 0.717) is 11.7 Å². The normalized spacial score (nSPS) is 13.6. The highest BCUT2D eigenvalue weighted by molar-refractivity contribution is 5.84. The molecule has 7 rings (SSSR count). The lowest BCUT2D eigenvalue weighted by atomic mass is 9.88. The van der Waals surface area contributed by atoms with Crippen LogP contribution in [0.25, 0.3) is 56.3 Å². The molecular formula is C40H36N4. The van der Waals surface area contributed by atoms with Crippen LogP contribution in [-0.2, 0) is 0 Å². The number of nitrogens with zero attached hydrogens (tertiary/aromatic N) is 4. The summed E-state index contributed by atoms with van der Waals surface area (Å²) in [7, 11) is 0. The standard InChI is InChI=1S/C40H36N4/c1-27-23-28(2)25-34(24-27)36-16-10-9-15-35(36)29-17-19-30(20-18-29)37-22-21-33(26-41-37)40-43-38(31-11-5-3-6-12-31)42-39(44-40)32-13-7-4-8-14-32/h3,5-6,9-12,15-26,32H,4,7-8,13-14H2,1-2H3. The molecule has 0 unspecified atom stereocenters. The summed E-state index contributed by atoms with van der Waals surface area (Å²) in [5.41, 5.74) is 11.4. The maximum Gasteiger partial charge on any atom is 0.165 e. The van der Waals surface area contributed by atoms with Crippen LogP contribution in [0.5, 0.6) is 0 Å². The maximum absolute atomic E-state index is 4.98. The lowest BCUT2D eigenvalue weighted by Crippen LogP contribution is -2.11. The Morgan fingerprint density at radius 1 is 0.500 bits per heavy atom. The molecule has 0 bridgehead atoms. The van der Waals surface area contributed by atoms with E-state index < -0.39 is 0 Å². The Kier molecular flexibility index (Phi) is 7.81. The Bertz CT molecular complexity index is 1870. The first-order valence-corrected chi connectivity index (χ1v) is 15.7. The van der Waals surface area contributed by atoms with Crippen molar-refractivity contribution in [2.24, 2.45) is 0 Å². The summed E-state index contributed by atoms with van der Waals surface area (Å²) >= 11 is 0. The first-order chi connectivity index (χ1) is 21.6. The molecule has 0 saturated heterocycles. The highest BCUT2D eigenvalue weighted by Gasteiger charge is 2.21. The van der Waals surface area contributed by atoms with Crippen molar-refractivity contribution in [1.82, 2.24) is 19.9 Å². The topological polar surface area (TPSA) is 51.6 Å². The van der Waals surface area contributed by atoms with Crippen LogP contribution >= 0.6 is 0 Å². The van der Waals surface area contributed by atoms with Gasteiger partial charge in [0.15, 0.2) is 11.6 Å². The molecule has 44 heavy (non-hydrogen) atoms. The molecule has 1 aliphatic rings. The van der Waals surface area contributed by atoms with Gasteiger partial charge in [0, 0.05) is 28.8 Å². The van der Waals surface area contributed by atoms with Crippen LogP contribution in [0.1, 0.15) is 55.0 Å². The summed E-state index contributed by atoms with van der Waals surface area (Å²) in [6.45, 7) is 4.32. The molecule has 0 N–H and O–H groups in total. The first-order valence-electron chi connectivity index (χ1n) is 15.7. The number of pyridine rings is 1. The van der Waals surface area contributed by atoms with Gasteiger partial charge < -0.3 is 0 Å². The smallest absolute Gasteiger partial charge is 0.165 e. The second-order valence-electron chi connectivity index (χ2n) is 12.0. The van der Waals surface area contributed by atoms with E-state index in [1.807, 2.05) is 24.4 Å². The van der Waals surface area contributed by atoms with Crippen LogP contribution in [0, 0.1) is 13.8 Å². The summed E-state index contributed by atoms with van der Waals surface area (Å²) in [4.78, 5) is 19.7. The van der Waals surface area contributed by atoms with Gasteiger partial charge >= 0.3 is 0 Å². The van der Waals surface area contributed by atoms with Gasteiger partial charge in [-0.15, -0.1) is 0 Å². The molecule has 2 aromatic heterocycles. The minimum absolute atomic E-state index is 0.388. The number of aromatic nitrogens is 4. The first kappa shape index (κ1) is 27.8. The molecule has 0 atom stereocenters. The molecule has 216 valence electrons. The Morgan fingerprint density at radius 2 is 1.09 bits per heavy atom. The fraction of sp³-hybridized carbons (Fsp3) is 0.200. The third-order valence-corrected chi connectivity index (χ3v) is 8.63. The third-order valence-electron chi connectivity index (χ3n) is 8.63. The lowest BCUT2D eigenvalue weighted by molar-refractivity contribution is 0.428. The average molecular weight is 573 g/mol. The molecular weight excluding hydrogens is 536 g/mol. The van der Waals surface area contributed by atoms with E-state index in [-0.39, 0.29) is 0 Å². The number of rotatable bonds is 6. The van der Waals surface area contributed by atoms with Gasteiger partial charge in [-0.1, -0.05) is 127 Å². The summed E-state index contributed by atoms with van der Waals surface area (Å²) in [5, 5.41) is 0. The Balaban J connectivity index is 1.18. The molecule has 4 aromatic carbocycles. The highest BCUT2D eigenvalue weighted by Crippen LogP contribution is 2.35. The van der Waals surface area contributed by atoms with Gasteiger partial charge in [0.2, 0.25) is 0 Å². The van der Waals surface area contributed by atoms with E-state index in [0.717, 1.165) is 46.9 Å². The van der Waals surface area contributed by atoms with E-state index in [9.17, 15) is 0 Å². The van der Waals surface area contributed by atoms with Crippen LogP contribution < -0.4 is 0 Å². The zero-order valence-corrected chi connectivity index (χ0v) is 25.4. The van der Waals surface area contributed by atoms with Crippen LogP contribution in [0.15, 0.2) is 115 Å². The van der Waals surface area contributed by atoms with E-state index in [1.54, 1.807) is 0 Å². The molecule has 0 aliphatic heterocycles. The second-order valence-corrected chi connectivity index (χ2v) is 12.0. The van der Waals surface area contributed by atoms with E-state index in [2.05, 4.69) is 105 Å².